The van der Waals surface area contributed by atoms with Crippen LogP contribution < -0.4 is 42.3 Å². The van der Waals surface area contributed by atoms with E-state index in [4.69, 9.17) is 15.2 Å². The number of hydrogen-bond acceptors (Lipinski definition) is 10. The Hall–Kier alpha value is -5.54. The van der Waals surface area contributed by atoms with Gasteiger partial charge in [-0.1, -0.05) is 31.2 Å². The van der Waals surface area contributed by atoms with Crippen LogP contribution in [0.4, 0.5) is 0 Å². The van der Waals surface area contributed by atoms with Crippen molar-refractivity contribution in [1.82, 2.24) is 34.9 Å². The smallest absolute Gasteiger partial charge is 0.251 e. The number of methoxy groups -OCH3 is 2. The molecule has 2 aliphatic heterocycles. The first-order valence-electron chi connectivity index (χ1n) is 21.4. The second-order valence-corrected chi connectivity index (χ2v) is 15.9. The van der Waals surface area contributed by atoms with Crippen molar-refractivity contribution in [2.24, 2.45) is 5.73 Å². The summed E-state index contributed by atoms with van der Waals surface area (Å²) in [6, 6.07) is 23.5. The normalized spacial score (nSPS) is 15.3. The predicted octanol–water partition coefficient (Wildman–Crippen LogP) is 3.98. The number of nitrogens with zero attached hydrogens (tertiary/aromatic N) is 4. The molecule has 61 heavy (non-hydrogen) atoms. The summed E-state index contributed by atoms with van der Waals surface area (Å²) in [5.74, 6) is 0.786. The van der Waals surface area contributed by atoms with Crippen LogP contribution in [0.3, 0.4) is 0 Å². The lowest BCUT2D eigenvalue weighted by Gasteiger charge is -2.32. The monoisotopic (exact) mass is 834 g/mol. The Balaban J connectivity index is 0.000000213. The standard InChI is InChI=1S/C28H36N4O3.C19H26N4O3/c1-4-20-5-7-21(8-6-20)19-30-22-11-13-31(14-12-22)15-16-32-26-17-23(35-3)9-10-24(26)25(18-27(32)33)28(34)29-2;1-21-19(25)16-12-18(24)23(10-9-22-7-5-13(20)6-8-22)17-11-14(26-2)3-4-15(16)17/h5-10,17-18,22,30H,4,11-16,19H2,1-3H3,(H,29,34);3-4,11-13H,5-10,20H2,1-2H3,(H,21,25). The Morgan fingerprint density at radius 3 is 1.51 bits per heavy atom. The average Bonchev–Trinajstić information content (AvgIpc) is 3.30. The number of aromatic nitrogens is 2. The zero-order chi connectivity index (χ0) is 43.5. The molecule has 2 aromatic heterocycles. The summed E-state index contributed by atoms with van der Waals surface area (Å²) >= 11 is 0. The summed E-state index contributed by atoms with van der Waals surface area (Å²) < 4.78 is 14.2. The third kappa shape index (κ3) is 11.2. The number of pyridine rings is 2. The minimum Gasteiger partial charge on any atom is -0.497 e. The predicted molar refractivity (Wildman–Crippen MR) is 242 cm³/mol. The van der Waals surface area contributed by atoms with Crippen molar-refractivity contribution < 1.29 is 19.1 Å². The molecule has 0 unspecified atom stereocenters. The highest BCUT2D eigenvalue weighted by Crippen LogP contribution is 2.25. The number of carbonyl (C=O) groups is 2. The Labute approximate surface area is 358 Å². The minimum atomic E-state index is -0.269. The zero-order valence-electron chi connectivity index (χ0n) is 36.3. The molecule has 7 rings (SSSR count). The number of nitrogens with two attached hydrogens (primary N) is 1. The molecular formula is C47H62N8O6. The summed E-state index contributed by atoms with van der Waals surface area (Å²) in [6.45, 7) is 9.67. The number of rotatable bonds is 14. The minimum absolute atomic E-state index is 0.171. The van der Waals surface area contributed by atoms with Crippen LogP contribution in [0, 0.1) is 0 Å². The van der Waals surface area contributed by atoms with Crippen LogP contribution in [-0.2, 0) is 26.1 Å². The molecule has 0 radical (unpaired) electrons. The van der Waals surface area contributed by atoms with Crippen LogP contribution in [0.5, 0.6) is 11.5 Å². The van der Waals surface area contributed by atoms with Gasteiger partial charge in [-0.25, -0.2) is 0 Å². The molecule has 5 N–H and O–H groups in total. The summed E-state index contributed by atoms with van der Waals surface area (Å²) in [7, 11) is 6.32. The van der Waals surface area contributed by atoms with Crippen molar-refractivity contribution in [2.45, 2.75) is 70.7 Å². The molecule has 14 nitrogen and oxygen atoms in total. The fraction of sp³-hybridized carbons (Fsp3) is 0.447. The Kier molecular flexibility index (Phi) is 15.7. The number of likely N-dealkylation sites (tertiary alicyclic amines) is 2. The van der Waals surface area contributed by atoms with Gasteiger partial charge in [0.25, 0.3) is 22.9 Å². The van der Waals surface area contributed by atoms with Crippen LogP contribution in [0.25, 0.3) is 21.8 Å². The largest absolute Gasteiger partial charge is 0.497 e. The maximum absolute atomic E-state index is 13.0. The van der Waals surface area contributed by atoms with Crippen molar-refractivity contribution in [3.05, 3.63) is 116 Å². The number of aryl methyl sites for hydroxylation is 1. The van der Waals surface area contributed by atoms with Crippen LogP contribution in [0.1, 0.15) is 64.4 Å². The fourth-order valence-electron chi connectivity index (χ4n) is 8.26. The lowest BCUT2D eigenvalue weighted by atomic mass is 10.0. The highest BCUT2D eigenvalue weighted by atomic mass is 16.5. The van der Waals surface area contributed by atoms with Gasteiger partial charge >= 0.3 is 0 Å². The van der Waals surface area contributed by atoms with E-state index in [2.05, 4.69) is 56.9 Å². The third-order valence-electron chi connectivity index (χ3n) is 12.1. The highest BCUT2D eigenvalue weighted by molar-refractivity contribution is 6.07. The summed E-state index contributed by atoms with van der Waals surface area (Å²) in [5.41, 5.74) is 10.5. The van der Waals surface area contributed by atoms with Gasteiger partial charge in [-0.15, -0.1) is 0 Å². The Morgan fingerprint density at radius 2 is 1.08 bits per heavy atom. The van der Waals surface area contributed by atoms with Gasteiger partial charge in [-0.2, -0.15) is 0 Å². The molecule has 326 valence electrons. The van der Waals surface area contributed by atoms with E-state index in [1.807, 2.05) is 30.3 Å². The molecule has 0 spiro atoms. The first-order chi connectivity index (χ1) is 29.5. The molecule has 14 heteroatoms. The number of hydrogen-bond donors (Lipinski definition) is 4. The van der Waals surface area contributed by atoms with Crippen molar-refractivity contribution in [3.8, 4) is 11.5 Å². The molecule has 5 aromatic rings. The molecular weight excluding hydrogens is 773 g/mol. The number of amides is 2. The fourth-order valence-corrected chi connectivity index (χ4v) is 8.26. The van der Waals surface area contributed by atoms with Crippen LogP contribution in [0.15, 0.2) is 82.4 Å². The van der Waals surface area contributed by atoms with E-state index in [0.717, 1.165) is 94.2 Å². The van der Waals surface area contributed by atoms with Crippen LogP contribution >= 0.6 is 0 Å². The van der Waals surface area contributed by atoms with Gasteiger partial charge < -0.3 is 50.1 Å². The molecule has 2 amide bonds. The van der Waals surface area contributed by atoms with Gasteiger partial charge in [0.2, 0.25) is 0 Å². The van der Waals surface area contributed by atoms with Crippen molar-refractivity contribution in [1.29, 1.82) is 0 Å². The van der Waals surface area contributed by atoms with E-state index in [1.165, 1.54) is 23.3 Å². The van der Waals surface area contributed by atoms with Gasteiger partial charge in [0.15, 0.2) is 0 Å². The molecule has 0 bridgehead atoms. The van der Waals surface area contributed by atoms with E-state index >= 15 is 0 Å². The summed E-state index contributed by atoms with van der Waals surface area (Å²) in [4.78, 5) is 54.9. The lowest BCUT2D eigenvalue weighted by molar-refractivity contribution is 0.0956. The summed E-state index contributed by atoms with van der Waals surface area (Å²) in [6.07, 6.45) is 5.22. The lowest BCUT2D eigenvalue weighted by Crippen LogP contribution is -2.43. The van der Waals surface area contributed by atoms with E-state index in [1.54, 1.807) is 43.5 Å². The van der Waals surface area contributed by atoms with E-state index < -0.39 is 0 Å². The van der Waals surface area contributed by atoms with E-state index in [9.17, 15) is 19.2 Å². The molecule has 0 atom stereocenters. The van der Waals surface area contributed by atoms with Crippen LogP contribution in [0.2, 0.25) is 0 Å². The molecule has 2 aliphatic rings. The molecule has 2 saturated heterocycles. The van der Waals surface area contributed by atoms with E-state index in [-0.39, 0.29) is 29.0 Å². The molecule has 0 saturated carbocycles. The number of piperidine rings is 2. The van der Waals surface area contributed by atoms with Crippen molar-refractivity contribution in [3.63, 3.8) is 0 Å². The first kappa shape index (κ1) is 45.0. The highest BCUT2D eigenvalue weighted by Gasteiger charge is 2.21. The van der Waals surface area contributed by atoms with Gasteiger partial charge in [0, 0.05) is 93.9 Å². The second kappa shape index (κ2) is 21.3. The third-order valence-corrected chi connectivity index (χ3v) is 12.1. The SMILES string of the molecule is CCc1ccc(CNC2CCN(CCn3c(=O)cc(C(=O)NC)c4ccc(OC)cc43)CC2)cc1.CNC(=O)c1cc(=O)n(CCN2CCC(N)CC2)c2cc(OC)ccc12. The maximum Gasteiger partial charge on any atom is 0.251 e. The quantitative estimate of drug-likeness (QED) is 0.129. The Morgan fingerprint density at radius 1 is 0.639 bits per heavy atom. The summed E-state index contributed by atoms with van der Waals surface area (Å²) in [5, 5.41) is 10.4. The molecule has 4 heterocycles. The number of nitrogens with one attached hydrogen (secondary N) is 3. The molecule has 0 aliphatic carbocycles. The topological polar surface area (TPSA) is 165 Å². The van der Waals surface area contributed by atoms with Crippen molar-refractivity contribution in [2.75, 3.05) is 67.6 Å². The van der Waals surface area contributed by atoms with Gasteiger partial charge in [0.1, 0.15) is 11.5 Å². The molecule has 2 fully saturated rings. The van der Waals surface area contributed by atoms with Gasteiger partial charge in [-0.05, 0) is 93.7 Å². The number of benzene rings is 3. The Bertz CT molecular complexity index is 2400. The average molecular weight is 835 g/mol. The second-order valence-electron chi connectivity index (χ2n) is 15.9. The maximum atomic E-state index is 13.0. The van der Waals surface area contributed by atoms with E-state index in [0.29, 0.717) is 47.3 Å². The van der Waals surface area contributed by atoms with Gasteiger partial charge in [0.05, 0.1) is 36.4 Å². The zero-order valence-corrected chi connectivity index (χ0v) is 36.3. The first-order valence-corrected chi connectivity index (χ1v) is 21.4. The number of fused-ring (bicyclic) bond motifs is 2. The van der Waals surface area contributed by atoms with Gasteiger partial charge in [-0.3, -0.25) is 19.2 Å². The number of carbonyl (C=O) groups excluding carboxylic acids is 2. The van der Waals surface area contributed by atoms with Crippen molar-refractivity contribution >= 4 is 33.6 Å². The molecule has 3 aromatic carbocycles. The number of ether oxygens (including phenoxy) is 2. The van der Waals surface area contributed by atoms with Crippen LogP contribution in [-0.4, -0.2) is 110 Å².